The first kappa shape index (κ1) is 15.8. The van der Waals surface area contributed by atoms with Crippen LogP contribution in [0.15, 0.2) is 0 Å². The maximum absolute atomic E-state index is 11.9. The standard InChI is InChI=1S/C14H24N2O3/c1-5-11(10(2)3)15-14(17)16-12(9-18-4)13-7-6-8-19-13/h1,10-13H,6-9H2,2-4H3,(H2,15,16,17). The van der Waals surface area contributed by atoms with Gasteiger partial charge >= 0.3 is 6.03 Å². The Hall–Kier alpha value is -1.25. The predicted molar refractivity (Wildman–Crippen MR) is 73.8 cm³/mol. The van der Waals surface area contributed by atoms with E-state index in [-0.39, 0.29) is 30.1 Å². The molecule has 0 aromatic heterocycles. The van der Waals surface area contributed by atoms with Gasteiger partial charge in [0.1, 0.15) is 0 Å². The van der Waals surface area contributed by atoms with Crippen molar-refractivity contribution in [1.82, 2.24) is 10.6 Å². The molecule has 0 aromatic rings. The van der Waals surface area contributed by atoms with Gasteiger partial charge in [0, 0.05) is 13.7 Å². The van der Waals surface area contributed by atoms with Gasteiger partial charge in [0.05, 0.1) is 24.8 Å². The molecule has 2 amide bonds. The summed E-state index contributed by atoms with van der Waals surface area (Å²) < 4.78 is 10.7. The van der Waals surface area contributed by atoms with Gasteiger partial charge in [-0.05, 0) is 18.8 Å². The van der Waals surface area contributed by atoms with Crippen molar-refractivity contribution in [1.29, 1.82) is 0 Å². The van der Waals surface area contributed by atoms with Crippen LogP contribution in [0.1, 0.15) is 26.7 Å². The number of hydrogen-bond donors (Lipinski definition) is 2. The van der Waals surface area contributed by atoms with Crippen molar-refractivity contribution >= 4 is 6.03 Å². The number of ether oxygens (including phenoxy) is 2. The van der Waals surface area contributed by atoms with E-state index in [4.69, 9.17) is 15.9 Å². The molecule has 108 valence electrons. The zero-order valence-corrected chi connectivity index (χ0v) is 11.9. The first-order valence-corrected chi connectivity index (χ1v) is 6.72. The lowest BCUT2D eigenvalue weighted by molar-refractivity contribution is 0.0469. The summed E-state index contributed by atoms with van der Waals surface area (Å²) in [4.78, 5) is 11.9. The van der Waals surface area contributed by atoms with Crippen LogP contribution in [0.4, 0.5) is 4.79 Å². The molecule has 2 N–H and O–H groups in total. The highest BCUT2D eigenvalue weighted by Crippen LogP contribution is 2.16. The smallest absolute Gasteiger partial charge is 0.316 e. The van der Waals surface area contributed by atoms with Crippen molar-refractivity contribution in [2.24, 2.45) is 5.92 Å². The summed E-state index contributed by atoms with van der Waals surface area (Å²) in [7, 11) is 1.61. The molecule has 3 atom stereocenters. The highest BCUT2D eigenvalue weighted by Gasteiger charge is 2.27. The van der Waals surface area contributed by atoms with Crippen LogP contribution < -0.4 is 10.6 Å². The average molecular weight is 268 g/mol. The maximum Gasteiger partial charge on any atom is 0.316 e. The van der Waals surface area contributed by atoms with Gasteiger partial charge in [-0.3, -0.25) is 0 Å². The van der Waals surface area contributed by atoms with Gasteiger partial charge in [0.15, 0.2) is 0 Å². The highest BCUT2D eigenvalue weighted by molar-refractivity contribution is 5.75. The van der Waals surface area contributed by atoms with Crippen molar-refractivity contribution in [3.63, 3.8) is 0 Å². The molecule has 5 heteroatoms. The van der Waals surface area contributed by atoms with Crippen molar-refractivity contribution in [3.05, 3.63) is 0 Å². The quantitative estimate of drug-likeness (QED) is 0.710. The Morgan fingerprint density at radius 1 is 1.53 bits per heavy atom. The Morgan fingerprint density at radius 3 is 2.74 bits per heavy atom. The second-order valence-electron chi connectivity index (χ2n) is 5.12. The fraction of sp³-hybridized carbons (Fsp3) is 0.786. The summed E-state index contributed by atoms with van der Waals surface area (Å²) in [5.41, 5.74) is 0. The molecular weight excluding hydrogens is 244 g/mol. The number of carbonyl (C=O) groups is 1. The Labute approximate surface area is 115 Å². The minimum atomic E-state index is -0.271. The van der Waals surface area contributed by atoms with Gasteiger partial charge in [-0.25, -0.2) is 4.79 Å². The summed E-state index contributed by atoms with van der Waals surface area (Å²) in [6, 6.07) is -0.681. The predicted octanol–water partition coefficient (Wildman–Crippen LogP) is 1.14. The topological polar surface area (TPSA) is 59.6 Å². The second-order valence-corrected chi connectivity index (χ2v) is 5.12. The van der Waals surface area contributed by atoms with Crippen LogP contribution in [0.2, 0.25) is 0 Å². The molecule has 1 aliphatic rings. The van der Waals surface area contributed by atoms with Crippen molar-refractivity contribution in [3.8, 4) is 12.3 Å². The average Bonchev–Trinajstić information content (AvgIpc) is 2.88. The van der Waals surface area contributed by atoms with Crippen LogP contribution in [-0.4, -0.2) is 44.5 Å². The van der Waals surface area contributed by atoms with Gasteiger partial charge in [-0.1, -0.05) is 19.8 Å². The summed E-state index contributed by atoms with van der Waals surface area (Å²) in [5, 5.41) is 5.67. The van der Waals surface area contributed by atoms with E-state index in [1.54, 1.807) is 7.11 Å². The molecule has 0 aromatic carbocycles. The van der Waals surface area contributed by atoms with Crippen LogP contribution >= 0.6 is 0 Å². The molecule has 3 unspecified atom stereocenters. The van der Waals surface area contributed by atoms with E-state index in [0.717, 1.165) is 19.4 Å². The molecular formula is C14H24N2O3. The van der Waals surface area contributed by atoms with Gasteiger partial charge in [-0.15, -0.1) is 6.42 Å². The second kappa shape index (κ2) is 8.03. The lowest BCUT2D eigenvalue weighted by Crippen LogP contribution is -2.52. The van der Waals surface area contributed by atoms with E-state index in [0.29, 0.717) is 6.61 Å². The minimum Gasteiger partial charge on any atom is -0.382 e. The molecule has 0 radical (unpaired) electrons. The van der Waals surface area contributed by atoms with Crippen molar-refractivity contribution < 1.29 is 14.3 Å². The molecule has 1 aliphatic heterocycles. The Bertz CT molecular complexity index is 319. The van der Waals surface area contributed by atoms with E-state index in [1.165, 1.54) is 0 Å². The molecule has 0 spiro atoms. The molecule has 19 heavy (non-hydrogen) atoms. The van der Waals surface area contributed by atoms with Crippen LogP contribution in [0.3, 0.4) is 0 Å². The lowest BCUT2D eigenvalue weighted by Gasteiger charge is -2.25. The molecule has 1 rings (SSSR count). The number of nitrogens with one attached hydrogen (secondary N) is 2. The van der Waals surface area contributed by atoms with Crippen molar-refractivity contribution in [2.45, 2.75) is 44.9 Å². The van der Waals surface area contributed by atoms with Gasteiger partial charge in [0.25, 0.3) is 0 Å². The monoisotopic (exact) mass is 268 g/mol. The number of urea groups is 1. The lowest BCUT2D eigenvalue weighted by atomic mass is 10.1. The molecule has 1 saturated heterocycles. The third-order valence-electron chi connectivity index (χ3n) is 3.21. The van der Waals surface area contributed by atoms with E-state index >= 15 is 0 Å². The van der Waals surface area contributed by atoms with Crippen molar-refractivity contribution in [2.75, 3.05) is 20.3 Å². The summed E-state index contributed by atoms with van der Waals surface area (Å²) in [6.45, 7) is 5.11. The summed E-state index contributed by atoms with van der Waals surface area (Å²) >= 11 is 0. The molecule has 5 nitrogen and oxygen atoms in total. The minimum absolute atomic E-state index is 0.0223. The first-order valence-electron chi connectivity index (χ1n) is 6.72. The van der Waals surface area contributed by atoms with Crippen LogP contribution in [0.5, 0.6) is 0 Å². The molecule has 0 bridgehead atoms. The van der Waals surface area contributed by atoms with Gasteiger partial charge < -0.3 is 20.1 Å². The third-order valence-corrected chi connectivity index (χ3v) is 3.21. The van der Waals surface area contributed by atoms with Crippen LogP contribution in [-0.2, 0) is 9.47 Å². The summed E-state index contributed by atoms with van der Waals surface area (Å²) in [5.74, 6) is 2.77. The zero-order chi connectivity index (χ0) is 14.3. The zero-order valence-electron chi connectivity index (χ0n) is 11.9. The van der Waals surface area contributed by atoms with Gasteiger partial charge in [-0.2, -0.15) is 0 Å². The normalized spacial score (nSPS) is 21.7. The first-order chi connectivity index (χ1) is 9.08. The maximum atomic E-state index is 11.9. The molecule has 0 aliphatic carbocycles. The molecule has 0 saturated carbocycles. The number of terminal acetylenes is 1. The third kappa shape index (κ3) is 5.09. The number of methoxy groups -OCH3 is 1. The van der Waals surface area contributed by atoms with Gasteiger partial charge in [0.2, 0.25) is 0 Å². The van der Waals surface area contributed by atoms with E-state index in [2.05, 4.69) is 16.6 Å². The van der Waals surface area contributed by atoms with E-state index < -0.39 is 0 Å². The number of amides is 2. The largest absolute Gasteiger partial charge is 0.382 e. The molecule has 1 heterocycles. The Morgan fingerprint density at radius 2 is 2.26 bits per heavy atom. The molecule has 1 fully saturated rings. The Balaban J connectivity index is 2.49. The number of rotatable bonds is 6. The highest BCUT2D eigenvalue weighted by atomic mass is 16.5. The fourth-order valence-electron chi connectivity index (χ4n) is 2.09. The number of carbonyl (C=O) groups excluding carboxylic acids is 1. The number of hydrogen-bond acceptors (Lipinski definition) is 3. The van der Waals surface area contributed by atoms with Crippen LogP contribution in [0, 0.1) is 18.3 Å². The SMILES string of the molecule is C#CC(NC(=O)NC(COC)C1CCCO1)C(C)C. The summed E-state index contributed by atoms with van der Waals surface area (Å²) in [6.07, 6.45) is 7.38. The van der Waals surface area contributed by atoms with Crippen LogP contribution in [0.25, 0.3) is 0 Å². The fourth-order valence-corrected chi connectivity index (χ4v) is 2.09. The van der Waals surface area contributed by atoms with E-state index in [9.17, 15) is 4.79 Å². The Kier molecular flexibility index (Phi) is 6.68. The van der Waals surface area contributed by atoms with E-state index in [1.807, 2.05) is 13.8 Å².